The Morgan fingerprint density at radius 2 is 2.09 bits per heavy atom. The van der Waals surface area contributed by atoms with Crippen molar-refractivity contribution in [1.82, 2.24) is 9.78 Å². The predicted molar refractivity (Wildman–Crippen MR) is 76.4 cm³/mol. The summed E-state index contributed by atoms with van der Waals surface area (Å²) in [4.78, 5) is 11.9. The van der Waals surface area contributed by atoms with E-state index in [4.69, 9.17) is 5.26 Å². The number of nitrogens with one attached hydrogen (secondary N) is 1. The van der Waals surface area contributed by atoms with E-state index in [-0.39, 0.29) is 13.0 Å². The van der Waals surface area contributed by atoms with Gasteiger partial charge in [0.2, 0.25) is 5.91 Å². The number of halogens is 3. The number of hydrogen-bond acceptors (Lipinski definition) is 3. The molecule has 0 aliphatic heterocycles. The summed E-state index contributed by atoms with van der Waals surface area (Å²) in [7, 11) is 0. The molecule has 0 aliphatic rings. The number of carbonyl (C=O) groups is 1. The third kappa shape index (κ3) is 4.10. The lowest BCUT2D eigenvalue weighted by molar-refractivity contribution is -0.141. The Hall–Kier alpha value is -2.82. The second kappa shape index (κ2) is 6.52. The van der Waals surface area contributed by atoms with Gasteiger partial charge in [0.1, 0.15) is 6.07 Å². The molecule has 0 atom stereocenters. The van der Waals surface area contributed by atoms with Crippen LogP contribution in [0.3, 0.4) is 0 Å². The van der Waals surface area contributed by atoms with Gasteiger partial charge in [0.15, 0.2) is 5.69 Å². The normalized spacial score (nSPS) is 11.1. The number of carbonyl (C=O) groups excluding carboxylic acids is 1. The lowest BCUT2D eigenvalue weighted by Crippen LogP contribution is -2.16. The molecule has 1 N–H and O–H groups in total. The number of nitrogens with zero attached hydrogens (tertiary/aromatic N) is 3. The summed E-state index contributed by atoms with van der Waals surface area (Å²) in [5, 5.41) is 14.9. The zero-order valence-corrected chi connectivity index (χ0v) is 12.2. The first-order valence-corrected chi connectivity index (χ1v) is 6.72. The van der Waals surface area contributed by atoms with Crippen LogP contribution in [0.15, 0.2) is 30.3 Å². The topological polar surface area (TPSA) is 70.7 Å². The minimum Gasteiger partial charge on any atom is -0.325 e. The molecule has 1 heterocycles. The van der Waals surface area contributed by atoms with Gasteiger partial charge in [0.25, 0.3) is 0 Å². The van der Waals surface area contributed by atoms with Crippen molar-refractivity contribution < 1.29 is 18.0 Å². The highest BCUT2D eigenvalue weighted by molar-refractivity contribution is 5.92. The van der Waals surface area contributed by atoms with Crippen molar-refractivity contribution in [2.24, 2.45) is 0 Å². The Morgan fingerprint density at radius 1 is 1.39 bits per heavy atom. The highest BCUT2D eigenvalue weighted by atomic mass is 19.4. The molecule has 0 spiro atoms. The summed E-state index contributed by atoms with van der Waals surface area (Å²) < 4.78 is 38.8. The van der Waals surface area contributed by atoms with Crippen LogP contribution < -0.4 is 5.32 Å². The molecule has 8 heteroatoms. The summed E-state index contributed by atoms with van der Waals surface area (Å²) >= 11 is 0. The van der Waals surface area contributed by atoms with Gasteiger partial charge in [-0.2, -0.15) is 23.5 Å². The van der Waals surface area contributed by atoms with Gasteiger partial charge in [-0.25, -0.2) is 0 Å². The first-order chi connectivity index (χ1) is 10.8. The lowest BCUT2D eigenvalue weighted by atomic mass is 10.2. The molecule has 0 aliphatic carbocycles. The fraction of sp³-hybridized carbons (Fsp3) is 0.267. The van der Waals surface area contributed by atoms with Crippen molar-refractivity contribution >= 4 is 11.6 Å². The van der Waals surface area contributed by atoms with Gasteiger partial charge >= 0.3 is 6.18 Å². The van der Waals surface area contributed by atoms with Crippen LogP contribution in [0.1, 0.15) is 23.4 Å². The number of amides is 1. The molecule has 0 fully saturated rings. The number of aromatic nitrogens is 2. The van der Waals surface area contributed by atoms with Gasteiger partial charge in [0, 0.05) is 18.7 Å². The van der Waals surface area contributed by atoms with Gasteiger partial charge in [0.05, 0.1) is 11.3 Å². The highest BCUT2D eigenvalue weighted by Gasteiger charge is 2.34. The van der Waals surface area contributed by atoms with Crippen LogP contribution in [-0.4, -0.2) is 15.7 Å². The monoisotopic (exact) mass is 322 g/mol. The van der Waals surface area contributed by atoms with E-state index in [1.54, 1.807) is 24.3 Å². The summed E-state index contributed by atoms with van der Waals surface area (Å²) in [6.45, 7) is 1.51. The fourth-order valence-electron chi connectivity index (χ4n) is 1.98. The molecule has 1 aromatic heterocycles. The Morgan fingerprint density at radius 3 is 2.70 bits per heavy atom. The minimum atomic E-state index is -4.51. The molecule has 2 rings (SSSR count). The zero-order valence-electron chi connectivity index (χ0n) is 12.2. The molecule has 2 aromatic rings. The van der Waals surface area contributed by atoms with Crippen LogP contribution in [-0.2, 0) is 17.5 Å². The third-order valence-corrected chi connectivity index (χ3v) is 3.14. The van der Waals surface area contributed by atoms with E-state index in [0.717, 1.165) is 10.7 Å². The van der Waals surface area contributed by atoms with Crippen LogP contribution in [0.2, 0.25) is 0 Å². The fourth-order valence-corrected chi connectivity index (χ4v) is 1.98. The average Bonchev–Trinajstić information content (AvgIpc) is 2.87. The molecule has 0 saturated heterocycles. The van der Waals surface area contributed by atoms with Crippen LogP contribution in [0.25, 0.3) is 0 Å². The summed E-state index contributed by atoms with van der Waals surface area (Å²) in [5.41, 5.74) is 0.0245. The second-order valence-corrected chi connectivity index (χ2v) is 4.85. The van der Waals surface area contributed by atoms with E-state index in [1.807, 2.05) is 6.07 Å². The number of hydrogen-bond donors (Lipinski definition) is 1. The Balaban J connectivity index is 2.00. The predicted octanol–water partition coefficient (Wildman–Crippen LogP) is 3.11. The molecule has 120 valence electrons. The second-order valence-electron chi connectivity index (χ2n) is 4.85. The molecule has 0 saturated carbocycles. The average molecular weight is 322 g/mol. The van der Waals surface area contributed by atoms with Crippen LogP contribution in [0, 0.1) is 18.3 Å². The first-order valence-electron chi connectivity index (χ1n) is 6.72. The van der Waals surface area contributed by atoms with Crippen LogP contribution in [0.4, 0.5) is 18.9 Å². The van der Waals surface area contributed by atoms with Crippen LogP contribution in [0.5, 0.6) is 0 Å². The van der Waals surface area contributed by atoms with E-state index >= 15 is 0 Å². The van der Waals surface area contributed by atoms with Gasteiger partial charge in [-0.05, 0) is 25.1 Å². The molecule has 23 heavy (non-hydrogen) atoms. The van der Waals surface area contributed by atoms with Gasteiger partial charge in [-0.1, -0.05) is 12.1 Å². The van der Waals surface area contributed by atoms with Crippen molar-refractivity contribution in [3.05, 3.63) is 47.3 Å². The van der Waals surface area contributed by atoms with E-state index in [0.29, 0.717) is 16.9 Å². The minimum absolute atomic E-state index is 0.0163. The van der Waals surface area contributed by atoms with Crippen molar-refractivity contribution in [2.75, 3.05) is 5.32 Å². The maximum absolute atomic E-state index is 12.6. The number of para-hydroxylation sites is 1. The number of alkyl halides is 3. The molecule has 0 unspecified atom stereocenters. The number of benzene rings is 1. The van der Waals surface area contributed by atoms with Crippen molar-refractivity contribution in [1.29, 1.82) is 5.26 Å². The van der Waals surface area contributed by atoms with Gasteiger partial charge in [-0.3, -0.25) is 9.48 Å². The summed E-state index contributed by atoms with van der Waals surface area (Å²) in [6, 6.07) is 9.36. The lowest BCUT2D eigenvalue weighted by Gasteiger charge is -2.08. The van der Waals surface area contributed by atoms with Crippen molar-refractivity contribution in [2.45, 2.75) is 26.1 Å². The molecular weight excluding hydrogens is 309 g/mol. The maximum Gasteiger partial charge on any atom is 0.435 e. The molecule has 0 radical (unpaired) electrons. The van der Waals surface area contributed by atoms with E-state index in [9.17, 15) is 18.0 Å². The number of nitriles is 1. The largest absolute Gasteiger partial charge is 0.435 e. The van der Waals surface area contributed by atoms with E-state index in [2.05, 4.69) is 10.4 Å². The zero-order chi connectivity index (χ0) is 17.0. The van der Waals surface area contributed by atoms with E-state index in [1.165, 1.54) is 6.92 Å². The number of aryl methyl sites for hydroxylation is 2. The van der Waals surface area contributed by atoms with Crippen molar-refractivity contribution in [3.8, 4) is 6.07 Å². The van der Waals surface area contributed by atoms with Gasteiger partial charge < -0.3 is 5.32 Å². The Labute approximate surface area is 130 Å². The Kier molecular flexibility index (Phi) is 4.69. The van der Waals surface area contributed by atoms with Crippen molar-refractivity contribution in [3.63, 3.8) is 0 Å². The number of anilines is 1. The Bertz CT molecular complexity index is 759. The standard InChI is InChI=1S/C15H13F3N4O/c1-10-8-13(15(16,17)18)21-22(10)7-6-14(23)20-12-5-3-2-4-11(12)9-19/h2-5,8H,6-7H2,1H3,(H,20,23). The van der Waals surface area contributed by atoms with Gasteiger partial charge in [-0.15, -0.1) is 0 Å². The molecule has 1 aromatic carbocycles. The molecule has 1 amide bonds. The highest BCUT2D eigenvalue weighted by Crippen LogP contribution is 2.28. The van der Waals surface area contributed by atoms with E-state index < -0.39 is 17.8 Å². The quantitative estimate of drug-likeness (QED) is 0.940. The first kappa shape index (κ1) is 16.5. The smallest absolute Gasteiger partial charge is 0.325 e. The molecular formula is C15H13F3N4O. The SMILES string of the molecule is Cc1cc(C(F)(F)F)nn1CCC(=O)Nc1ccccc1C#N. The summed E-state index contributed by atoms with van der Waals surface area (Å²) in [5.74, 6) is -0.406. The third-order valence-electron chi connectivity index (χ3n) is 3.14. The number of rotatable bonds is 4. The molecule has 5 nitrogen and oxygen atoms in total. The maximum atomic E-state index is 12.6. The summed E-state index contributed by atoms with van der Waals surface area (Å²) in [6.07, 6.45) is -4.57. The molecule has 0 bridgehead atoms. The van der Waals surface area contributed by atoms with Crippen LogP contribution >= 0.6 is 0 Å².